The Bertz CT molecular complexity index is 421. The topological polar surface area (TPSA) is 67.6 Å². The van der Waals surface area contributed by atoms with Gasteiger partial charge in [0.1, 0.15) is 0 Å². The molecule has 112 valence electrons. The van der Waals surface area contributed by atoms with Crippen molar-refractivity contribution in [3.63, 3.8) is 0 Å². The lowest BCUT2D eigenvalue weighted by molar-refractivity contribution is -0.120. The second kappa shape index (κ2) is 8.68. The molecule has 3 N–H and O–H groups in total. The fraction of sp³-hybridized carbons (Fsp3) is 0.533. The van der Waals surface area contributed by atoms with E-state index in [2.05, 4.69) is 10.3 Å². The Labute approximate surface area is 121 Å². The number of carbonyl (C=O) groups is 1. The molecule has 0 fully saturated rings. The summed E-state index contributed by atoms with van der Waals surface area (Å²) in [5.41, 5.74) is 4.32. The highest BCUT2D eigenvalue weighted by atomic mass is 16.5. The molecule has 1 rings (SSSR count). The van der Waals surface area contributed by atoms with Gasteiger partial charge in [0.05, 0.1) is 19.1 Å². The van der Waals surface area contributed by atoms with Crippen molar-refractivity contribution in [2.75, 3.05) is 20.2 Å². The Morgan fingerprint density at radius 2 is 2.00 bits per heavy atom. The number of nitrogens with two attached hydrogens (primary N) is 1. The summed E-state index contributed by atoms with van der Waals surface area (Å²) >= 11 is 0. The molecule has 0 aliphatic carbocycles. The minimum atomic E-state index is -0.178. The van der Waals surface area contributed by atoms with Crippen LogP contribution in [0, 0.1) is 0 Å². The van der Waals surface area contributed by atoms with E-state index in [0.29, 0.717) is 13.0 Å². The van der Waals surface area contributed by atoms with Crippen molar-refractivity contribution in [1.29, 1.82) is 0 Å². The van der Waals surface area contributed by atoms with Crippen LogP contribution in [0.3, 0.4) is 0 Å². The number of hydrazine groups is 1. The highest BCUT2D eigenvalue weighted by Gasteiger charge is 2.08. The first-order valence-corrected chi connectivity index (χ1v) is 6.89. The largest absolute Gasteiger partial charge is 0.377 e. The number of amides is 1. The van der Waals surface area contributed by atoms with Gasteiger partial charge in [-0.15, -0.1) is 0 Å². The van der Waals surface area contributed by atoms with E-state index < -0.39 is 0 Å². The van der Waals surface area contributed by atoms with Gasteiger partial charge in [0.25, 0.3) is 0 Å². The maximum atomic E-state index is 11.4. The van der Waals surface area contributed by atoms with Gasteiger partial charge in [-0.25, -0.2) is 5.84 Å². The van der Waals surface area contributed by atoms with E-state index in [1.54, 1.807) is 0 Å². The average molecular weight is 279 g/mol. The van der Waals surface area contributed by atoms with E-state index >= 15 is 0 Å². The van der Waals surface area contributed by atoms with Gasteiger partial charge in [0.2, 0.25) is 5.91 Å². The molecule has 0 aliphatic rings. The third-order valence-corrected chi connectivity index (χ3v) is 2.99. The zero-order chi connectivity index (χ0) is 15.0. The zero-order valence-electron chi connectivity index (χ0n) is 12.6. The van der Waals surface area contributed by atoms with E-state index in [1.807, 2.05) is 45.2 Å². The number of hydrogen-bond donors (Lipinski definition) is 2. The van der Waals surface area contributed by atoms with Crippen LogP contribution in [0.5, 0.6) is 0 Å². The lowest BCUT2D eigenvalue weighted by atomic mass is 10.0. The van der Waals surface area contributed by atoms with Crippen LogP contribution in [0.4, 0.5) is 0 Å². The minimum absolute atomic E-state index is 0.178. The van der Waals surface area contributed by atoms with Crippen molar-refractivity contribution in [3.05, 3.63) is 35.4 Å². The molecule has 5 nitrogen and oxygen atoms in total. The van der Waals surface area contributed by atoms with Crippen molar-refractivity contribution in [3.8, 4) is 0 Å². The van der Waals surface area contributed by atoms with E-state index in [-0.39, 0.29) is 12.0 Å². The quantitative estimate of drug-likeness (QED) is 0.424. The lowest BCUT2D eigenvalue weighted by Gasteiger charge is -2.19. The molecule has 1 amide bonds. The molecule has 0 spiro atoms. The number of hydrogen-bond acceptors (Lipinski definition) is 4. The smallest absolute Gasteiger partial charge is 0.238 e. The van der Waals surface area contributed by atoms with E-state index in [4.69, 9.17) is 10.6 Å². The molecule has 1 aromatic carbocycles. The number of rotatable bonds is 8. The van der Waals surface area contributed by atoms with Crippen LogP contribution in [0.2, 0.25) is 0 Å². The van der Waals surface area contributed by atoms with Crippen molar-refractivity contribution < 1.29 is 9.53 Å². The van der Waals surface area contributed by atoms with E-state index in [0.717, 1.165) is 24.2 Å². The van der Waals surface area contributed by atoms with Gasteiger partial charge in [0.15, 0.2) is 0 Å². The Hall–Kier alpha value is -1.43. The Balaban J connectivity index is 2.55. The normalized spacial score (nSPS) is 11.1. The molecule has 0 heterocycles. The molecule has 1 aromatic rings. The van der Waals surface area contributed by atoms with Crippen LogP contribution in [0.25, 0.3) is 0 Å². The van der Waals surface area contributed by atoms with Crippen LogP contribution in [-0.2, 0) is 22.5 Å². The highest BCUT2D eigenvalue weighted by Crippen LogP contribution is 2.12. The Kier molecular flexibility index (Phi) is 7.22. The van der Waals surface area contributed by atoms with Crippen molar-refractivity contribution in [2.24, 2.45) is 5.84 Å². The van der Waals surface area contributed by atoms with Crippen LogP contribution in [0.15, 0.2) is 24.3 Å². The molecule has 0 saturated heterocycles. The summed E-state index contributed by atoms with van der Waals surface area (Å²) in [7, 11) is 2.05. The number of nitrogens with zero attached hydrogens (tertiary/aromatic N) is 1. The van der Waals surface area contributed by atoms with E-state index in [9.17, 15) is 4.79 Å². The van der Waals surface area contributed by atoms with Gasteiger partial charge in [-0.2, -0.15) is 0 Å². The summed E-state index contributed by atoms with van der Waals surface area (Å²) in [5, 5.41) is 0. The molecule has 0 saturated carbocycles. The number of likely N-dealkylation sites (N-methyl/N-ethyl adjacent to an activating group) is 1. The van der Waals surface area contributed by atoms with Gasteiger partial charge in [-0.1, -0.05) is 24.3 Å². The molecule has 0 bridgehead atoms. The average Bonchev–Trinajstić information content (AvgIpc) is 2.40. The highest BCUT2D eigenvalue weighted by molar-refractivity contribution is 5.78. The van der Waals surface area contributed by atoms with Crippen molar-refractivity contribution in [2.45, 2.75) is 32.9 Å². The van der Waals surface area contributed by atoms with Crippen LogP contribution in [-0.4, -0.2) is 37.1 Å². The fourth-order valence-electron chi connectivity index (χ4n) is 1.92. The SMILES string of the molecule is CC(C)OCCN(C)Cc1ccccc1CC(=O)NN. The standard InChI is InChI=1S/C15H25N3O2/c1-12(2)20-9-8-18(3)11-14-7-5-4-6-13(14)10-15(19)17-16/h4-7,12H,8-11,16H2,1-3H3,(H,17,19). The van der Waals surface area contributed by atoms with Crippen LogP contribution < -0.4 is 11.3 Å². The molecule has 5 heteroatoms. The second-order valence-electron chi connectivity index (χ2n) is 5.17. The molecule has 0 atom stereocenters. The van der Waals surface area contributed by atoms with Crippen LogP contribution >= 0.6 is 0 Å². The van der Waals surface area contributed by atoms with Crippen molar-refractivity contribution >= 4 is 5.91 Å². The minimum Gasteiger partial charge on any atom is -0.377 e. The van der Waals surface area contributed by atoms with Gasteiger partial charge in [-0.3, -0.25) is 15.1 Å². The zero-order valence-corrected chi connectivity index (χ0v) is 12.6. The summed E-state index contributed by atoms with van der Waals surface area (Å²) < 4.78 is 5.54. The summed E-state index contributed by atoms with van der Waals surface area (Å²) in [4.78, 5) is 13.6. The third kappa shape index (κ3) is 6.14. The molecule has 0 aliphatic heterocycles. The number of benzene rings is 1. The number of ether oxygens (including phenoxy) is 1. The summed E-state index contributed by atoms with van der Waals surface area (Å²) in [6.45, 7) is 6.41. The predicted octanol–water partition coefficient (Wildman–Crippen LogP) is 1.08. The van der Waals surface area contributed by atoms with Crippen molar-refractivity contribution in [1.82, 2.24) is 10.3 Å². The molecule has 20 heavy (non-hydrogen) atoms. The van der Waals surface area contributed by atoms with Crippen LogP contribution in [0.1, 0.15) is 25.0 Å². The molecule has 0 unspecified atom stereocenters. The van der Waals surface area contributed by atoms with Gasteiger partial charge >= 0.3 is 0 Å². The number of carbonyl (C=O) groups excluding carboxylic acids is 1. The lowest BCUT2D eigenvalue weighted by Crippen LogP contribution is -2.32. The molecular formula is C15H25N3O2. The van der Waals surface area contributed by atoms with Gasteiger partial charge in [-0.05, 0) is 32.0 Å². The first-order valence-electron chi connectivity index (χ1n) is 6.89. The molecule has 0 aromatic heterocycles. The first-order chi connectivity index (χ1) is 9.52. The van der Waals surface area contributed by atoms with Gasteiger partial charge in [0, 0.05) is 13.1 Å². The van der Waals surface area contributed by atoms with Gasteiger partial charge < -0.3 is 4.74 Å². The van der Waals surface area contributed by atoms with E-state index in [1.165, 1.54) is 0 Å². The number of nitrogens with one attached hydrogen (secondary N) is 1. The summed E-state index contributed by atoms with van der Waals surface area (Å²) in [6, 6.07) is 7.92. The Morgan fingerprint density at radius 3 is 2.60 bits per heavy atom. The fourth-order valence-corrected chi connectivity index (χ4v) is 1.92. The second-order valence-corrected chi connectivity index (χ2v) is 5.17. The maximum Gasteiger partial charge on any atom is 0.238 e. The molecular weight excluding hydrogens is 254 g/mol. The Morgan fingerprint density at radius 1 is 1.35 bits per heavy atom. The maximum absolute atomic E-state index is 11.4. The first kappa shape index (κ1) is 16.6. The summed E-state index contributed by atoms with van der Waals surface area (Å²) in [5.74, 6) is 4.96. The predicted molar refractivity (Wildman–Crippen MR) is 79.9 cm³/mol. The summed E-state index contributed by atoms with van der Waals surface area (Å²) in [6.07, 6.45) is 0.562. The molecule has 0 radical (unpaired) electrons. The third-order valence-electron chi connectivity index (χ3n) is 2.99. The monoisotopic (exact) mass is 279 g/mol.